The molecule has 0 aromatic heterocycles. The van der Waals surface area contributed by atoms with E-state index in [1.807, 2.05) is 0 Å². The molecule has 51 heavy (non-hydrogen) atoms. The zero-order valence-electron chi connectivity index (χ0n) is 32.1. The molecule has 9 unspecified atom stereocenters. The number of rotatable bonds is 33. The molecule has 1 fully saturated rings. The van der Waals surface area contributed by atoms with Crippen LogP contribution in [-0.4, -0.2) is 110 Å². The van der Waals surface area contributed by atoms with Gasteiger partial charge in [0, 0.05) is 0 Å². The normalized spacial score (nSPS) is 23.4. The number of hydrogen-bond acceptors (Lipinski definition) is 10. The maximum Gasteiger partial charge on any atom is 0.249 e. The minimum Gasteiger partial charge on any atom is -0.394 e. The van der Waals surface area contributed by atoms with Crippen LogP contribution in [0, 0.1) is 0 Å². The molecule has 8 N–H and O–H groups in total. The van der Waals surface area contributed by atoms with E-state index in [4.69, 9.17) is 9.47 Å². The van der Waals surface area contributed by atoms with Crippen LogP contribution in [0.15, 0.2) is 12.2 Å². The third-order valence-corrected chi connectivity index (χ3v) is 10.1. The van der Waals surface area contributed by atoms with E-state index in [1.54, 1.807) is 0 Å². The van der Waals surface area contributed by atoms with Crippen molar-refractivity contribution in [2.45, 2.75) is 223 Å². The van der Waals surface area contributed by atoms with Crippen LogP contribution in [0.25, 0.3) is 0 Å². The van der Waals surface area contributed by atoms with Crippen LogP contribution in [0.2, 0.25) is 0 Å². The van der Waals surface area contributed by atoms with Crippen LogP contribution in [-0.2, 0) is 14.3 Å². The summed E-state index contributed by atoms with van der Waals surface area (Å²) < 4.78 is 11.0. The van der Waals surface area contributed by atoms with E-state index in [1.165, 1.54) is 77.0 Å². The van der Waals surface area contributed by atoms with Gasteiger partial charge in [-0.1, -0.05) is 148 Å². The van der Waals surface area contributed by atoms with E-state index < -0.39 is 74.2 Å². The number of allylic oxidation sites excluding steroid dienone is 2. The van der Waals surface area contributed by atoms with Gasteiger partial charge in [0.2, 0.25) is 5.91 Å². The van der Waals surface area contributed by atoms with E-state index >= 15 is 0 Å². The summed E-state index contributed by atoms with van der Waals surface area (Å²) in [6.07, 6.45) is 18.4. The predicted octanol–water partition coefficient (Wildman–Crippen LogP) is 5.33. The molecule has 1 heterocycles. The van der Waals surface area contributed by atoms with Crippen molar-refractivity contribution in [2.24, 2.45) is 0 Å². The number of carbonyl (C=O) groups excluding carboxylic acids is 1. The van der Waals surface area contributed by atoms with Crippen LogP contribution in [0.1, 0.15) is 168 Å². The van der Waals surface area contributed by atoms with Crippen LogP contribution >= 0.6 is 0 Å². The van der Waals surface area contributed by atoms with E-state index in [9.17, 15) is 40.5 Å². The Morgan fingerprint density at radius 1 is 0.667 bits per heavy atom. The summed E-state index contributed by atoms with van der Waals surface area (Å²) in [5.74, 6) is -0.709. The van der Waals surface area contributed by atoms with E-state index in [2.05, 4.69) is 31.3 Å². The van der Waals surface area contributed by atoms with Gasteiger partial charge in [-0.25, -0.2) is 0 Å². The Bertz CT molecular complexity index is 846. The highest BCUT2D eigenvalue weighted by atomic mass is 16.7. The average Bonchev–Trinajstić information content (AvgIpc) is 3.13. The third-order valence-electron chi connectivity index (χ3n) is 10.1. The number of amides is 1. The Kier molecular flexibility index (Phi) is 29.3. The smallest absolute Gasteiger partial charge is 0.249 e. The lowest BCUT2D eigenvalue weighted by Crippen LogP contribution is -2.60. The van der Waals surface area contributed by atoms with Crippen molar-refractivity contribution < 1.29 is 50.0 Å². The highest BCUT2D eigenvalue weighted by Crippen LogP contribution is 2.23. The van der Waals surface area contributed by atoms with Crippen molar-refractivity contribution in [2.75, 3.05) is 13.2 Å². The fourth-order valence-corrected chi connectivity index (χ4v) is 6.54. The summed E-state index contributed by atoms with van der Waals surface area (Å²) in [6, 6.07) is -1.17. The van der Waals surface area contributed by atoms with Gasteiger partial charge < -0.3 is 50.5 Å². The Morgan fingerprint density at radius 3 is 1.71 bits per heavy atom. The van der Waals surface area contributed by atoms with Gasteiger partial charge in [-0.3, -0.25) is 4.79 Å². The molecule has 9 atom stereocenters. The first kappa shape index (κ1) is 47.9. The topological polar surface area (TPSA) is 189 Å². The molecule has 0 saturated carbocycles. The van der Waals surface area contributed by atoms with Gasteiger partial charge in [0.1, 0.15) is 36.6 Å². The van der Waals surface area contributed by atoms with Crippen molar-refractivity contribution in [3.63, 3.8) is 0 Å². The number of nitrogens with one attached hydrogen (secondary N) is 1. The zero-order chi connectivity index (χ0) is 37.7. The van der Waals surface area contributed by atoms with Crippen molar-refractivity contribution in [1.82, 2.24) is 5.32 Å². The lowest BCUT2D eigenvalue weighted by molar-refractivity contribution is -0.303. The van der Waals surface area contributed by atoms with Gasteiger partial charge in [0.05, 0.1) is 25.4 Å². The maximum absolute atomic E-state index is 13.0. The molecule has 11 nitrogen and oxygen atoms in total. The second-order valence-corrected chi connectivity index (χ2v) is 14.7. The molecule has 0 aromatic rings. The highest BCUT2D eigenvalue weighted by molar-refractivity contribution is 5.80. The maximum atomic E-state index is 13.0. The molecule has 0 aromatic carbocycles. The molecule has 1 saturated heterocycles. The van der Waals surface area contributed by atoms with Crippen LogP contribution in [0.5, 0.6) is 0 Å². The number of aliphatic hydroxyl groups is 7. The van der Waals surface area contributed by atoms with Crippen molar-refractivity contribution in [3.8, 4) is 0 Å². The Labute approximate surface area is 309 Å². The molecule has 0 aliphatic carbocycles. The Hall–Kier alpha value is -1.15. The molecule has 1 aliphatic heterocycles. The third kappa shape index (κ3) is 22.0. The zero-order valence-corrected chi connectivity index (χ0v) is 32.1. The lowest BCUT2D eigenvalue weighted by Gasteiger charge is -2.40. The second kappa shape index (κ2) is 31.2. The molecule has 0 bridgehead atoms. The first-order chi connectivity index (χ1) is 24.7. The summed E-state index contributed by atoms with van der Waals surface area (Å²) in [5, 5.41) is 75.3. The summed E-state index contributed by atoms with van der Waals surface area (Å²) in [7, 11) is 0. The number of ether oxygens (including phenoxy) is 2. The van der Waals surface area contributed by atoms with Gasteiger partial charge >= 0.3 is 0 Å². The van der Waals surface area contributed by atoms with Gasteiger partial charge in [-0.2, -0.15) is 0 Å². The fourth-order valence-electron chi connectivity index (χ4n) is 6.54. The van der Waals surface area contributed by atoms with Gasteiger partial charge in [-0.05, 0) is 32.1 Å². The molecule has 1 rings (SSSR count). The van der Waals surface area contributed by atoms with Gasteiger partial charge in [0.25, 0.3) is 0 Å². The molecule has 0 spiro atoms. The minimum absolute atomic E-state index is 0.246. The number of unbranched alkanes of at least 4 members (excludes halogenated alkanes) is 19. The van der Waals surface area contributed by atoms with E-state index in [0.29, 0.717) is 19.3 Å². The summed E-state index contributed by atoms with van der Waals surface area (Å²) in [5.41, 5.74) is 0. The first-order valence-corrected chi connectivity index (χ1v) is 20.6. The standard InChI is InChI=1S/C40H77NO10/c1-3-5-7-9-11-13-15-16-17-18-20-21-23-25-27-32(43)35(45)31(30-50-40-38(48)37(47)36(46)34(29-42)51-40)41-39(49)33(44)28-26-24-22-19-14-12-10-8-6-4-2/h10,12,31-38,40,42-48H,3-9,11,13-30H2,1-2H3,(H,41,49)/b12-10-. The Morgan fingerprint density at radius 2 is 1.16 bits per heavy atom. The first-order valence-electron chi connectivity index (χ1n) is 20.6. The molecule has 0 radical (unpaired) electrons. The predicted molar refractivity (Wildman–Crippen MR) is 201 cm³/mol. The van der Waals surface area contributed by atoms with Crippen LogP contribution in [0.4, 0.5) is 0 Å². The molecular weight excluding hydrogens is 654 g/mol. The van der Waals surface area contributed by atoms with Crippen LogP contribution < -0.4 is 5.32 Å². The summed E-state index contributed by atoms with van der Waals surface area (Å²) in [4.78, 5) is 13.0. The quantitative estimate of drug-likeness (QED) is 0.0324. The summed E-state index contributed by atoms with van der Waals surface area (Å²) >= 11 is 0. The van der Waals surface area contributed by atoms with Crippen LogP contribution in [0.3, 0.4) is 0 Å². The van der Waals surface area contributed by atoms with Crippen molar-refractivity contribution in [3.05, 3.63) is 12.2 Å². The monoisotopic (exact) mass is 732 g/mol. The number of aliphatic hydroxyl groups excluding tert-OH is 7. The Balaban J connectivity index is 2.54. The van der Waals surface area contributed by atoms with E-state index in [-0.39, 0.29) is 6.42 Å². The molecule has 1 aliphatic rings. The van der Waals surface area contributed by atoms with Crippen molar-refractivity contribution >= 4 is 5.91 Å². The van der Waals surface area contributed by atoms with Gasteiger partial charge in [-0.15, -0.1) is 0 Å². The molecular formula is C40H77NO10. The minimum atomic E-state index is -1.66. The SMILES string of the molecule is CCCC/C=C\CCCCCCC(O)C(=O)NC(COC1OC(CO)C(O)C(O)C1O)C(O)C(O)CCCCCCCCCCCCCCCC. The molecule has 11 heteroatoms. The molecule has 1 amide bonds. The van der Waals surface area contributed by atoms with E-state index in [0.717, 1.165) is 51.4 Å². The number of hydrogen-bond donors (Lipinski definition) is 8. The van der Waals surface area contributed by atoms with Crippen molar-refractivity contribution in [1.29, 1.82) is 0 Å². The lowest BCUT2D eigenvalue weighted by atomic mass is 9.98. The fraction of sp³-hybridized carbons (Fsp3) is 0.925. The number of carbonyl (C=O) groups is 1. The highest BCUT2D eigenvalue weighted by Gasteiger charge is 2.44. The molecule has 302 valence electrons. The largest absolute Gasteiger partial charge is 0.394 e. The summed E-state index contributed by atoms with van der Waals surface area (Å²) in [6.45, 7) is 3.36. The van der Waals surface area contributed by atoms with Gasteiger partial charge in [0.15, 0.2) is 6.29 Å². The second-order valence-electron chi connectivity index (χ2n) is 14.7. The average molecular weight is 732 g/mol.